The molecule has 12 rings (SSSR count). The number of nitrogens with zero attached hydrogens (tertiary/aromatic N) is 2. The van der Waals surface area contributed by atoms with E-state index in [0.717, 1.165) is 6.42 Å². The average molecular weight is 663 g/mol. The van der Waals surface area contributed by atoms with Crippen LogP contribution in [-0.2, 0) is 0 Å². The molecule has 2 heteroatoms. The largest absolute Gasteiger partial charge is 0.309 e. The maximum atomic E-state index is 2.54. The maximum absolute atomic E-state index is 2.54. The van der Waals surface area contributed by atoms with Crippen LogP contribution in [0.4, 0.5) is 0 Å². The van der Waals surface area contributed by atoms with E-state index in [9.17, 15) is 0 Å². The highest BCUT2D eigenvalue weighted by molar-refractivity contribution is 6.22. The molecule has 3 aliphatic rings. The molecule has 2 aromatic heterocycles. The first-order chi connectivity index (χ1) is 25.8. The van der Waals surface area contributed by atoms with Crippen LogP contribution >= 0.6 is 0 Å². The fourth-order valence-electron chi connectivity index (χ4n) is 10.1. The van der Waals surface area contributed by atoms with Gasteiger partial charge >= 0.3 is 0 Å². The van der Waals surface area contributed by atoms with Crippen molar-refractivity contribution in [1.29, 1.82) is 0 Å². The lowest BCUT2D eigenvalue weighted by molar-refractivity contribution is 0.485. The van der Waals surface area contributed by atoms with Crippen molar-refractivity contribution in [3.63, 3.8) is 0 Å². The fourth-order valence-corrected chi connectivity index (χ4v) is 10.1. The van der Waals surface area contributed by atoms with E-state index < -0.39 is 0 Å². The molecule has 0 amide bonds. The van der Waals surface area contributed by atoms with Gasteiger partial charge in [-0.15, -0.1) is 0 Å². The SMILES string of the molecule is C1=CC2=C(n3c4ccccc4c4cc(-c5ccc6c(c5)c5c7ccccc7ccc5n6-c5ccccc5)ccc43)C=CC3c4ccccc4C(C1)C23. The molecule has 3 atom stereocenters. The van der Waals surface area contributed by atoms with E-state index in [1.807, 2.05) is 0 Å². The van der Waals surface area contributed by atoms with E-state index >= 15 is 0 Å². The first kappa shape index (κ1) is 28.3. The van der Waals surface area contributed by atoms with E-state index in [2.05, 4.69) is 185 Å². The van der Waals surface area contributed by atoms with Gasteiger partial charge in [0.25, 0.3) is 0 Å². The summed E-state index contributed by atoms with van der Waals surface area (Å²) in [5.74, 6) is 1.48. The van der Waals surface area contributed by atoms with Gasteiger partial charge in [0.2, 0.25) is 0 Å². The summed E-state index contributed by atoms with van der Waals surface area (Å²) < 4.78 is 4.96. The number of rotatable bonds is 3. The zero-order chi connectivity index (χ0) is 33.9. The second-order valence-corrected chi connectivity index (χ2v) is 14.8. The third-order valence-corrected chi connectivity index (χ3v) is 12.3. The molecule has 2 nitrogen and oxygen atoms in total. The molecule has 3 unspecified atom stereocenters. The van der Waals surface area contributed by atoms with Crippen molar-refractivity contribution in [3.05, 3.63) is 193 Å². The lowest BCUT2D eigenvalue weighted by Gasteiger charge is -2.33. The molecule has 0 spiro atoms. The summed E-state index contributed by atoms with van der Waals surface area (Å²) in [6.45, 7) is 0. The Morgan fingerprint density at radius 3 is 2.02 bits per heavy atom. The highest BCUT2D eigenvalue weighted by Gasteiger charge is 2.44. The Morgan fingerprint density at radius 2 is 1.15 bits per heavy atom. The van der Waals surface area contributed by atoms with Crippen molar-refractivity contribution in [2.75, 3.05) is 0 Å². The molecule has 0 radical (unpaired) electrons. The molecule has 2 heterocycles. The zero-order valence-corrected chi connectivity index (χ0v) is 28.6. The van der Waals surface area contributed by atoms with Gasteiger partial charge in [-0.25, -0.2) is 0 Å². The van der Waals surface area contributed by atoms with Gasteiger partial charge in [-0.2, -0.15) is 0 Å². The molecule has 0 N–H and O–H groups in total. The van der Waals surface area contributed by atoms with Crippen molar-refractivity contribution in [2.24, 2.45) is 5.92 Å². The van der Waals surface area contributed by atoms with Gasteiger partial charge in [-0.3, -0.25) is 0 Å². The Kier molecular flexibility index (Phi) is 5.76. The van der Waals surface area contributed by atoms with Crippen molar-refractivity contribution in [3.8, 4) is 16.8 Å². The number of fused-ring (bicyclic) bond motifs is 11. The number of aromatic nitrogens is 2. The number of allylic oxidation sites excluding steroid dienone is 6. The molecule has 7 aromatic carbocycles. The van der Waals surface area contributed by atoms with Crippen molar-refractivity contribution in [1.82, 2.24) is 9.13 Å². The maximum Gasteiger partial charge on any atom is 0.0547 e. The van der Waals surface area contributed by atoms with Crippen LogP contribution in [0.1, 0.15) is 29.4 Å². The summed E-state index contributed by atoms with van der Waals surface area (Å²) in [5.41, 5.74) is 14.5. The van der Waals surface area contributed by atoms with Crippen LogP contribution in [0, 0.1) is 5.92 Å². The molecule has 0 fully saturated rings. The fraction of sp³-hybridized carbons (Fsp3) is 0.0800. The normalized spacial score (nSPS) is 19.0. The minimum Gasteiger partial charge on any atom is -0.309 e. The van der Waals surface area contributed by atoms with Crippen LogP contribution in [0.15, 0.2) is 182 Å². The monoisotopic (exact) mass is 662 g/mol. The van der Waals surface area contributed by atoms with E-state index in [0.29, 0.717) is 17.8 Å². The van der Waals surface area contributed by atoms with Crippen LogP contribution in [0.5, 0.6) is 0 Å². The predicted molar refractivity (Wildman–Crippen MR) is 218 cm³/mol. The van der Waals surface area contributed by atoms with Gasteiger partial charge in [0.05, 0.1) is 22.1 Å². The topological polar surface area (TPSA) is 9.86 Å². The number of para-hydroxylation sites is 2. The summed E-state index contributed by atoms with van der Waals surface area (Å²) in [6, 6.07) is 56.4. The molecule has 3 aliphatic carbocycles. The van der Waals surface area contributed by atoms with E-state index in [1.165, 1.54) is 93.6 Å². The highest BCUT2D eigenvalue weighted by Crippen LogP contribution is 2.57. The van der Waals surface area contributed by atoms with Crippen LogP contribution in [0.2, 0.25) is 0 Å². The standard InChI is InChI=1S/C50H34N2/c1-2-12-34(13-3-1)51-47-26-23-33(30-43(47)50-35-14-5-4-11-31(35)21-27-48(50)51)32-22-25-46-42(29-32)38-17-8-9-20-44(38)52(46)45-28-24-40-37-16-7-6-15-36(37)39-18-10-19-41(45)49(39)40/h1-17,19-30,39-40,49H,18H2. The van der Waals surface area contributed by atoms with Gasteiger partial charge in [-0.1, -0.05) is 121 Å². The molecule has 244 valence electrons. The molecule has 9 aromatic rings. The minimum absolute atomic E-state index is 0.449. The third kappa shape index (κ3) is 3.79. The quantitative estimate of drug-likeness (QED) is 0.178. The average Bonchev–Trinajstić information content (AvgIpc) is 3.85. The second-order valence-electron chi connectivity index (χ2n) is 14.8. The first-order valence-electron chi connectivity index (χ1n) is 18.5. The Hall–Kier alpha value is -6.38. The molecule has 0 bridgehead atoms. The van der Waals surface area contributed by atoms with Gasteiger partial charge in [0.15, 0.2) is 0 Å². The minimum atomic E-state index is 0.449. The summed E-state index contributed by atoms with van der Waals surface area (Å²) in [5, 5.41) is 7.72. The predicted octanol–water partition coefficient (Wildman–Crippen LogP) is 12.9. The lowest BCUT2D eigenvalue weighted by atomic mass is 9.73. The molecule has 0 saturated heterocycles. The van der Waals surface area contributed by atoms with Gasteiger partial charge in [0.1, 0.15) is 0 Å². The molecule has 0 saturated carbocycles. The van der Waals surface area contributed by atoms with Crippen LogP contribution in [-0.4, -0.2) is 9.13 Å². The van der Waals surface area contributed by atoms with E-state index in [4.69, 9.17) is 0 Å². The molecular weight excluding hydrogens is 629 g/mol. The Morgan fingerprint density at radius 1 is 0.481 bits per heavy atom. The van der Waals surface area contributed by atoms with E-state index in [-0.39, 0.29) is 0 Å². The number of hydrogen-bond acceptors (Lipinski definition) is 0. The first-order valence-corrected chi connectivity index (χ1v) is 18.5. The van der Waals surface area contributed by atoms with Crippen LogP contribution < -0.4 is 0 Å². The van der Waals surface area contributed by atoms with E-state index in [1.54, 1.807) is 0 Å². The van der Waals surface area contributed by atoms with Gasteiger partial charge in [-0.05, 0) is 106 Å². The summed E-state index contributed by atoms with van der Waals surface area (Å²) >= 11 is 0. The van der Waals surface area contributed by atoms with Crippen LogP contribution in [0.3, 0.4) is 0 Å². The Balaban J connectivity index is 1.06. The number of hydrogen-bond donors (Lipinski definition) is 0. The summed E-state index contributed by atoms with van der Waals surface area (Å²) in [6.07, 6.45) is 10.9. The lowest BCUT2D eigenvalue weighted by Crippen LogP contribution is -2.21. The second kappa shape index (κ2) is 10.6. The van der Waals surface area contributed by atoms with Crippen molar-refractivity contribution < 1.29 is 0 Å². The molecular formula is C50H34N2. The Labute approximate surface area is 301 Å². The smallest absolute Gasteiger partial charge is 0.0547 e. The molecule has 0 aliphatic heterocycles. The van der Waals surface area contributed by atoms with Gasteiger partial charge in [0, 0.05) is 44.8 Å². The third-order valence-electron chi connectivity index (χ3n) is 12.3. The zero-order valence-electron chi connectivity index (χ0n) is 28.6. The molecule has 52 heavy (non-hydrogen) atoms. The summed E-state index contributed by atoms with van der Waals surface area (Å²) in [7, 11) is 0. The van der Waals surface area contributed by atoms with Crippen LogP contribution in [0.25, 0.3) is 76.9 Å². The van der Waals surface area contributed by atoms with Crippen molar-refractivity contribution in [2.45, 2.75) is 18.3 Å². The summed E-state index contributed by atoms with van der Waals surface area (Å²) in [4.78, 5) is 0. The Bertz CT molecular complexity index is 3060. The van der Waals surface area contributed by atoms with Gasteiger partial charge < -0.3 is 9.13 Å². The number of benzene rings is 7. The highest BCUT2D eigenvalue weighted by atomic mass is 15.0. The van der Waals surface area contributed by atoms with Crippen molar-refractivity contribution >= 4 is 60.1 Å².